The van der Waals surface area contributed by atoms with Crippen LogP contribution in [-0.2, 0) is 0 Å². The van der Waals surface area contributed by atoms with Gasteiger partial charge in [-0.25, -0.2) is 9.97 Å². The van der Waals surface area contributed by atoms with Gasteiger partial charge in [0.05, 0.1) is 16.6 Å². The van der Waals surface area contributed by atoms with E-state index >= 15 is 0 Å². The monoisotopic (exact) mass is 462 g/mol. The third-order valence-corrected chi connectivity index (χ3v) is 6.86. The first kappa shape index (κ1) is 22.7. The van der Waals surface area contributed by atoms with Crippen LogP contribution in [0, 0.1) is 11.3 Å². The van der Waals surface area contributed by atoms with E-state index in [1.165, 1.54) is 5.69 Å². The van der Waals surface area contributed by atoms with Gasteiger partial charge in [-0.05, 0) is 56.0 Å². The molecule has 1 fully saturated rings. The van der Waals surface area contributed by atoms with Crippen molar-refractivity contribution in [1.82, 2.24) is 9.97 Å². The van der Waals surface area contributed by atoms with Gasteiger partial charge in [0, 0.05) is 37.4 Å². The van der Waals surface area contributed by atoms with Crippen molar-refractivity contribution in [3.05, 3.63) is 66.2 Å². The Balaban J connectivity index is 1.77. The van der Waals surface area contributed by atoms with Crippen LogP contribution in [0.4, 0.5) is 17.3 Å². The number of nitrogens with two attached hydrogens (primary N) is 1. The molecule has 2 aromatic carbocycles. The SMILES string of the molecule is CCN(CC)c1ccc(-c2cc(-c3ccccc3)nc3c(C#N)c(N4CCCC4)nc(N)c23)cc1. The minimum absolute atomic E-state index is 0.413. The molecule has 0 radical (unpaired) electrons. The summed E-state index contributed by atoms with van der Waals surface area (Å²) in [6.07, 6.45) is 2.18. The van der Waals surface area contributed by atoms with Gasteiger partial charge in [0.15, 0.2) is 5.82 Å². The van der Waals surface area contributed by atoms with E-state index in [-0.39, 0.29) is 0 Å². The summed E-state index contributed by atoms with van der Waals surface area (Å²) in [4.78, 5) is 14.2. The van der Waals surface area contributed by atoms with Crippen molar-refractivity contribution in [1.29, 1.82) is 5.26 Å². The molecule has 6 nitrogen and oxygen atoms in total. The number of rotatable bonds is 6. The lowest BCUT2D eigenvalue weighted by Gasteiger charge is -2.22. The maximum atomic E-state index is 10.2. The Labute approximate surface area is 206 Å². The summed E-state index contributed by atoms with van der Waals surface area (Å²) in [6, 6.07) is 23.1. The van der Waals surface area contributed by atoms with Crippen molar-refractivity contribution in [3.63, 3.8) is 0 Å². The molecule has 1 aliphatic rings. The maximum Gasteiger partial charge on any atom is 0.151 e. The predicted molar refractivity (Wildman–Crippen MR) is 145 cm³/mol. The van der Waals surface area contributed by atoms with E-state index in [1.54, 1.807) is 0 Å². The molecule has 0 amide bonds. The van der Waals surface area contributed by atoms with Crippen LogP contribution in [0.15, 0.2) is 60.7 Å². The molecule has 176 valence electrons. The Morgan fingerprint density at radius 2 is 1.63 bits per heavy atom. The molecule has 4 aromatic rings. The molecule has 2 aromatic heterocycles. The van der Waals surface area contributed by atoms with Crippen LogP contribution in [-0.4, -0.2) is 36.1 Å². The highest BCUT2D eigenvalue weighted by Gasteiger charge is 2.24. The zero-order valence-corrected chi connectivity index (χ0v) is 20.3. The molecule has 0 unspecified atom stereocenters. The first-order valence-electron chi connectivity index (χ1n) is 12.3. The summed E-state index contributed by atoms with van der Waals surface area (Å²) in [7, 11) is 0. The molecule has 2 N–H and O–H groups in total. The number of hydrogen-bond acceptors (Lipinski definition) is 6. The second kappa shape index (κ2) is 9.63. The van der Waals surface area contributed by atoms with Crippen molar-refractivity contribution in [2.75, 3.05) is 41.7 Å². The minimum atomic E-state index is 0.413. The molecule has 1 saturated heterocycles. The Bertz CT molecular complexity index is 1380. The molecule has 5 rings (SSSR count). The van der Waals surface area contributed by atoms with Gasteiger partial charge >= 0.3 is 0 Å². The molecular weight excluding hydrogens is 432 g/mol. The number of nitrogens with zero attached hydrogens (tertiary/aromatic N) is 5. The van der Waals surface area contributed by atoms with E-state index in [0.717, 1.165) is 66.8 Å². The number of anilines is 3. The van der Waals surface area contributed by atoms with Gasteiger partial charge in [0.25, 0.3) is 0 Å². The van der Waals surface area contributed by atoms with Gasteiger partial charge in [-0.1, -0.05) is 42.5 Å². The highest BCUT2D eigenvalue weighted by Crippen LogP contribution is 2.39. The van der Waals surface area contributed by atoms with Crippen molar-refractivity contribution in [2.24, 2.45) is 0 Å². The Hall–Kier alpha value is -4.11. The third-order valence-electron chi connectivity index (χ3n) is 6.86. The molecule has 0 saturated carbocycles. The van der Waals surface area contributed by atoms with Crippen LogP contribution >= 0.6 is 0 Å². The molecule has 1 aliphatic heterocycles. The fraction of sp³-hybridized carbons (Fsp3) is 0.276. The van der Waals surface area contributed by atoms with Gasteiger partial charge in [-0.3, -0.25) is 0 Å². The van der Waals surface area contributed by atoms with Crippen LogP contribution in [0.2, 0.25) is 0 Å². The van der Waals surface area contributed by atoms with E-state index in [9.17, 15) is 5.26 Å². The Morgan fingerprint density at radius 3 is 2.26 bits per heavy atom. The van der Waals surface area contributed by atoms with E-state index in [1.807, 2.05) is 30.3 Å². The van der Waals surface area contributed by atoms with E-state index in [4.69, 9.17) is 15.7 Å². The summed E-state index contributed by atoms with van der Waals surface area (Å²) in [5.41, 5.74) is 12.7. The molecular formula is C29H30N6. The average molecular weight is 463 g/mol. The van der Waals surface area contributed by atoms with Crippen LogP contribution in [0.1, 0.15) is 32.3 Å². The van der Waals surface area contributed by atoms with Crippen molar-refractivity contribution >= 4 is 28.2 Å². The number of hydrogen-bond donors (Lipinski definition) is 1. The van der Waals surface area contributed by atoms with Crippen molar-refractivity contribution in [2.45, 2.75) is 26.7 Å². The van der Waals surface area contributed by atoms with Gasteiger partial charge in [-0.2, -0.15) is 5.26 Å². The maximum absolute atomic E-state index is 10.2. The molecule has 6 heteroatoms. The second-order valence-electron chi connectivity index (χ2n) is 8.87. The van der Waals surface area contributed by atoms with E-state index < -0.39 is 0 Å². The Kier molecular flexibility index (Phi) is 6.24. The molecule has 0 atom stereocenters. The van der Waals surface area contributed by atoms with Gasteiger partial charge < -0.3 is 15.5 Å². The number of fused-ring (bicyclic) bond motifs is 1. The summed E-state index contributed by atoms with van der Waals surface area (Å²) in [5, 5.41) is 11.0. The number of nitriles is 1. The number of aromatic nitrogens is 2. The fourth-order valence-corrected chi connectivity index (χ4v) is 5.00. The predicted octanol–water partition coefficient (Wildman–Crippen LogP) is 5.86. The van der Waals surface area contributed by atoms with Crippen molar-refractivity contribution in [3.8, 4) is 28.5 Å². The van der Waals surface area contributed by atoms with Crippen LogP contribution < -0.4 is 15.5 Å². The molecule has 0 bridgehead atoms. The molecule has 0 aliphatic carbocycles. The molecule has 0 spiro atoms. The minimum Gasteiger partial charge on any atom is -0.383 e. The topological polar surface area (TPSA) is 82.1 Å². The average Bonchev–Trinajstić information content (AvgIpc) is 3.44. The van der Waals surface area contributed by atoms with Crippen LogP contribution in [0.25, 0.3) is 33.3 Å². The van der Waals surface area contributed by atoms with Crippen LogP contribution in [0.5, 0.6) is 0 Å². The van der Waals surface area contributed by atoms with Crippen LogP contribution in [0.3, 0.4) is 0 Å². The summed E-state index contributed by atoms with van der Waals surface area (Å²) in [5.74, 6) is 1.06. The quantitative estimate of drug-likeness (QED) is 0.386. The lowest BCUT2D eigenvalue weighted by atomic mass is 9.96. The molecule has 35 heavy (non-hydrogen) atoms. The second-order valence-corrected chi connectivity index (χ2v) is 8.87. The van der Waals surface area contributed by atoms with E-state index in [2.05, 4.69) is 60.0 Å². The van der Waals surface area contributed by atoms with Crippen molar-refractivity contribution < 1.29 is 0 Å². The smallest absolute Gasteiger partial charge is 0.151 e. The first-order chi connectivity index (χ1) is 17.1. The summed E-state index contributed by atoms with van der Waals surface area (Å²) >= 11 is 0. The van der Waals surface area contributed by atoms with E-state index in [0.29, 0.717) is 22.7 Å². The highest BCUT2D eigenvalue weighted by molar-refractivity contribution is 6.06. The standard InChI is InChI=1S/C29H30N6/c1-3-34(4-2)22-14-12-20(13-15-22)23-18-25(21-10-6-5-7-11-21)32-27-24(19-30)29(33-28(31)26(23)27)35-16-8-9-17-35/h5-7,10-15,18H,3-4,8-9,16-17H2,1-2H3,(H2,31,33). The molecule has 3 heterocycles. The number of nitrogen functional groups attached to an aromatic ring is 1. The highest BCUT2D eigenvalue weighted by atomic mass is 15.2. The number of pyridine rings is 2. The van der Waals surface area contributed by atoms with Gasteiger partial charge in [0.2, 0.25) is 0 Å². The zero-order valence-electron chi connectivity index (χ0n) is 20.3. The largest absolute Gasteiger partial charge is 0.383 e. The summed E-state index contributed by atoms with van der Waals surface area (Å²) in [6.45, 7) is 7.98. The normalized spacial score (nSPS) is 13.2. The third kappa shape index (κ3) is 4.15. The number of benzene rings is 2. The first-order valence-corrected chi connectivity index (χ1v) is 12.3. The Morgan fingerprint density at radius 1 is 0.943 bits per heavy atom. The lowest BCUT2D eigenvalue weighted by Crippen LogP contribution is -2.21. The van der Waals surface area contributed by atoms with Gasteiger partial charge in [-0.15, -0.1) is 0 Å². The van der Waals surface area contributed by atoms with Gasteiger partial charge in [0.1, 0.15) is 17.5 Å². The zero-order chi connectivity index (χ0) is 24.4. The fourth-order valence-electron chi connectivity index (χ4n) is 5.00. The summed E-state index contributed by atoms with van der Waals surface area (Å²) < 4.78 is 0. The lowest BCUT2D eigenvalue weighted by molar-refractivity contribution is 0.866.